The van der Waals surface area contributed by atoms with Crippen molar-refractivity contribution >= 4 is 21.4 Å². The number of ether oxygens (including phenoxy) is 1. The molecule has 170 valence electrons. The van der Waals surface area contributed by atoms with E-state index in [1.54, 1.807) is 32.0 Å². The Balaban J connectivity index is 1.65. The van der Waals surface area contributed by atoms with Gasteiger partial charge in [-0.05, 0) is 49.7 Å². The summed E-state index contributed by atoms with van der Waals surface area (Å²) in [6, 6.07) is 11.0. The fourth-order valence-electron chi connectivity index (χ4n) is 2.89. The molecule has 0 fully saturated rings. The lowest BCUT2D eigenvalue weighted by atomic mass is 10.1. The molecule has 32 heavy (non-hydrogen) atoms. The molecule has 0 saturated heterocycles. The Hall–Kier alpha value is -3.34. The fraction of sp³-hybridized carbons (Fsp3) is 0.238. The molecule has 2 aromatic carbocycles. The fourth-order valence-corrected chi connectivity index (χ4v) is 4.43. The molecule has 0 aliphatic rings. The maximum atomic E-state index is 12.8. The quantitative estimate of drug-likeness (QED) is 0.542. The molecule has 0 spiro atoms. The van der Waals surface area contributed by atoms with Gasteiger partial charge in [-0.3, -0.25) is 4.79 Å². The van der Waals surface area contributed by atoms with Crippen LogP contribution in [0.5, 0.6) is 5.75 Å². The van der Waals surface area contributed by atoms with Crippen LogP contribution in [0, 0.1) is 13.8 Å². The molecule has 3 aromatic rings. The van der Waals surface area contributed by atoms with Crippen LogP contribution < -0.4 is 10.1 Å². The van der Waals surface area contributed by atoms with E-state index in [-0.39, 0.29) is 17.0 Å². The molecule has 0 atom stereocenters. The number of carbonyl (C=O) groups is 1. The molecule has 7 nitrogen and oxygen atoms in total. The summed E-state index contributed by atoms with van der Waals surface area (Å²) in [5, 5.41) is 6.24. The van der Waals surface area contributed by atoms with Crippen LogP contribution in [0.25, 0.3) is 11.3 Å². The summed E-state index contributed by atoms with van der Waals surface area (Å²) >= 11 is 0. The standard InChI is InChI=1S/C21H19F3N2O5S/c1-13-3-4-15(18-11-14(2)26-31-18)12-19(13)32(28,29)10-9-20(27)25-16-5-7-17(8-6-16)30-21(22,23)24/h3-8,11-12H,9-10H2,1-2H3,(H,25,27). The number of hydrogen-bond acceptors (Lipinski definition) is 6. The molecule has 1 aromatic heterocycles. The van der Waals surface area contributed by atoms with Crippen LogP contribution in [-0.2, 0) is 14.6 Å². The number of benzene rings is 2. The highest BCUT2D eigenvalue weighted by Crippen LogP contribution is 2.27. The number of alkyl halides is 3. The monoisotopic (exact) mass is 468 g/mol. The highest BCUT2D eigenvalue weighted by molar-refractivity contribution is 7.91. The van der Waals surface area contributed by atoms with Crippen molar-refractivity contribution in [3.05, 3.63) is 59.8 Å². The average Bonchev–Trinajstić information content (AvgIpc) is 3.13. The van der Waals surface area contributed by atoms with Gasteiger partial charge in [-0.15, -0.1) is 13.2 Å². The minimum Gasteiger partial charge on any atom is -0.406 e. The van der Waals surface area contributed by atoms with Gasteiger partial charge < -0.3 is 14.6 Å². The first-order valence-electron chi connectivity index (χ1n) is 9.36. The van der Waals surface area contributed by atoms with Crippen LogP contribution in [0.1, 0.15) is 17.7 Å². The minimum atomic E-state index is -4.82. The van der Waals surface area contributed by atoms with Crippen LogP contribution in [0.3, 0.4) is 0 Å². The zero-order valence-electron chi connectivity index (χ0n) is 17.1. The van der Waals surface area contributed by atoms with Gasteiger partial charge >= 0.3 is 6.36 Å². The topological polar surface area (TPSA) is 98.5 Å². The lowest BCUT2D eigenvalue weighted by Gasteiger charge is -2.11. The normalized spacial score (nSPS) is 11.9. The van der Waals surface area contributed by atoms with E-state index < -0.39 is 33.6 Å². The lowest BCUT2D eigenvalue weighted by Crippen LogP contribution is -2.18. The molecular weight excluding hydrogens is 449 g/mol. The van der Waals surface area contributed by atoms with Crippen molar-refractivity contribution in [2.24, 2.45) is 0 Å². The van der Waals surface area contributed by atoms with E-state index in [2.05, 4.69) is 15.2 Å². The number of anilines is 1. The largest absolute Gasteiger partial charge is 0.573 e. The van der Waals surface area contributed by atoms with E-state index in [0.29, 0.717) is 22.6 Å². The molecule has 1 N–H and O–H groups in total. The molecule has 0 saturated carbocycles. The highest BCUT2D eigenvalue weighted by Gasteiger charge is 2.31. The highest BCUT2D eigenvalue weighted by atomic mass is 32.2. The third-order valence-corrected chi connectivity index (χ3v) is 6.26. The number of halogens is 3. The van der Waals surface area contributed by atoms with Gasteiger partial charge in [0, 0.05) is 23.7 Å². The first kappa shape index (κ1) is 23.3. The predicted octanol–water partition coefficient (Wildman–Crippen LogP) is 4.66. The summed E-state index contributed by atoms with van der Waals surface area (Å²) in [6.07, 6.45) is -5.16. The van der Waals surface area contributed by atoms with Gasteiger partial charge in [0.15, 0.2) is 15.6 Å². The molecule has 1 heterocycles. The molecule has 0 bridgehead atoms. The number of rotatable bonds is 7. The Morgan fingerprint density at radius 1 is 1.09 bits per heavy atom. The van der Waals surface area contributed by atoms with Gasteiger partial charge in [0.05, 0.1) is 16.3 Å². The Kier molecular flexibility index (Phi) is 6.58. The number of aryl methyl sites for hydroxylation is 2. The summed E-state index contributed by atoms with van der Waals surface area (Å²) in [5.41, 5.74) is 1.92. The summed E-state index contributed by atoms with van der Waals surface area (Å²) < 4.78 is 71.2. The van der Waals surface area contributed by atoms with Crippen molar-refractivity contribution < 1.29 is 35.6 Å². The summed E-state index contributed by atoms with van der Waals surface area (Å²) in [7, 11) is -3.80. The van der Waals surface area contributed by atoms with E-state index in [9.17, 15) is 26.4 Å². The molecule has 3 rings (SSSR count). The summed E-state index contributed by atoms with van der Waals surface area (Å²) in [5.74, 6) is -1.06. The van der Waals surface area contributed by atoms with Gasteiger partial charge in [0.2, 0.25) is 5.91 Å². The second-order valence-corrected chi connectivity index (χ2v) is 9.08. The number of hydrogen-bond donors (Lipinski definition) is 1. The first-order valence-corrected chi connectivity index (χ1v) is 11.0. The van der Waals surface area contributed by atoms with E-state index >= 15 is 0 Å². The predicted molar refractivity (Wildman–Crippen MR) is 110 cm³/mol. The van der Waals surface area contributed by atoms with Crippen molar-refractivity contribution in [1.29, 1.82) is 0 Å². The maximum Gasteiger partial charge on any atom is 0.573 e. The molecule has 0 aliphatic carbocycles. The minimum absolute atomic E-state index is 0.0745. The second kappa shape index (κ2) is 9.03. The molecule has 0 radical (unpaired) electrons. The number of nitrogens with zero attached hydrogens (tertiary/aromatic N) is 1. The number of aromatic nitrogens is 1. The molecule has 0 unspecified atom stereocenters. The van der Waals surface area contributed by atoms with Crippen LogP contribution >= 0.6 is 0 Å². The van der Waals surface area contributed by atoms with Crippen LogP contribution in [-0.4, -0.2) is 31.6 Å². The first-order chi connectivity index (χ1) is 14.9. The molecular formula is C21H19F3N2O5S. The van der Waals surface area contributed by atoms with E-state index in [1.807, 2.05) is 0 Å². The van der Waals surface area contributed by atoms with Crippen molar-refractivity contribution in [2.45, 2.75) is 31.5 Å². The average molecular weight is 468 g/mol. The van der Waals surface area contributed by atoms with Gasteiger partial charge in [-0.2, -0.15) is 0 Å². The van der Waals surface area contributed by atoms with E-state index in [1.165, 1.54) is 18.2 Å². The third kappa shape index (κ3) is 6.10. The van der Waals surface area contributed by atoms with Gasteiger partial charge in [0.1, 0.15) is 5.75 Å². The Morgan fingerprint density at radius 3 is 2.38 bits per heavy atom. The third-order valence-electron chi connectivity index (χ3n) is 4.41. The van der Waals surface area contributed by atoms with E-state index in [4.69, 9.17) is 4.52 Å². The lowest BCUT2D eigenvalue weighted by molar-refractivity contribution is -0.274. The number of nitrogens with one attached hydrogen (secondary N) is 1. The van der Waals surface area contributed by atoms with Gasteiger partial charge in [-0.1, -0.05) is 17.3 Å². The van der Waals surface area contributed by atoms with Crippen LogP contribution in [0.15, 0.2) is 57.9 Å². The second-order valence-electron chi connectivity index (χ2n) is 7.00. The Labute approximate surface area is 182 Å². The van der Waals surface area contributed by atoms with Crippen molar-refractivity contribution in [2.75, 3.05) is 11.1 Å². The van der Waals surface area contributed by atoms with Crippen LogP contribution in [0.4, 0.5) is 18.9 Å². The Bertz CT molecular complexity index is 1220. The maximum absolute atomic E-state index is 12.8. The molecule has 11 heteroatoms. The smallest absolute Gasteiger partial charge is 0.406 e. The molecule has 0 aliphatic heterocycles. The Morgan fingerprint density at radius 2 is 1.78 bits per heavy atom. The number of sulfone groups is 1. The van der Waals surface area contributed by atoms with Gasteiger partial charge in [0.25, 0.3) is 0 Å². The zero-order chi connectivity index (χ0) is 23.5. The summed E-state index contributed by atoms with van der Waals surface area (Å²) in [6.45, 7) is 3.39. The van der Waals surface area contributed by atoms with E-state index in [0.717, 1.165) is 12.1 Å². The number of carbonyl (C=O) groups excluding carboxylic acids is 1. The van der Waals surface area contributed by atoms with Crippen LogP contribution in [0.2, 0.25) is 0 Å². The zero-order valence-corrected chi connectivity index (χ0v) is 17.9. The van der Waals surface area contributed by atoms with Crippen molar-refractivity contribution in [1.82, 2.24) is 5.16 Å². The van der Waals surface area contributed by atoms with Gasteiger partial charge in [-0.25, -0.2) is 8.42 Å². The van der Waals surface area contributed by atoms with Crippen molar-refractivity contribution in [3.63, 3.8) is 0 Å². The SMILES string of the molecule is Cc1cc(-c2ccc(C)c(S(=O)(=O)CCC(=O)Nc3ccc(OC(F)(F)F)cc3)c2)on1. The number of amides is 1. The summed E-state index contributed by atoms with van der Waals surface area (Å²) in [4.78, 5) is 12.2. The molecule has 1 amide bonds. The van der Waals surface area contributed by atoms with Crippen molar-refractivity contribution in [3.8, 4) is 17.1 Å².